The number of carbonyl (C=O) groups excluding carboxylic acids is 1. The molecular formula is C14H12Cl2N2O6S. The fourth-order valence-corrected chi connectivity index (χ4v) is 3.68. The Bertz CT molecular complexity index is 933. The Morgan fingerprint density at radius 2 is 1.92 bits per heavy atom. The SMILES string of the molecule is COC(=O)c1cc(NS(=O)(=O)c2cc(Cl)cc(Cl)c2O)cnc1OC. The van der Waals surface area contributed by atoms with Crippen molar-refractivity contribution in [3.63, 3.8) is 0 Å². The summed E-state index contributed by atoms with van der Waals surface area (Å²) in [6.45, 7) is 0. The van der Waals surface area contributed by atoms with Crippen molar-refractivity contribution in [3.05, 3.63) is 40.0 Å². The van der Waals surface area contributed by atoms with Crippen LogP contribution in [-0.2, 0) is 14.8 Å². The van der Waals surface area contributed by atoms with Crippen molar-refractivity contribution in [2.75, 3.05) is 18.9 Å². The number of aromatic hydroxyl groups is 1. The maximum Gasteiger partial charge on any atom is 0.343 e. The van der Waals surface area contributed by atoms with Gasteiger partial charge in [-0.25, -0.2) is 18.2 Å². The Morgan fingerprint density at radius 3 is 2.52 bits per heavy atom. The van der Waals surface area contributed by atoms with Crippen molar-refractivity contribution in [2.24, 2.45) is 0 Å². The molecule has 25 heavy (non-hydrogen) atoms. The topological polar surface area (TPSA) is 115 Å². The summed E-state index contributed by atoms with van der Waals surface area (Å²) in [4.78, 5) is 15.0. The van der Waals surface area contributed by atoms with E-state index >= 15 is 0 Å². The van der Waals surface area contributed by atoms with E-state index in [1.165, 1.54) is 19.2 Å². The fourth-order valence-electron chi connectivity index (χ4n) is 1.88. The van der Waals surface area contributed by atoms with Crippen LogP contribution in [0.5, 0.6) is 11.6 Å². The summed E-state index contributed by atoms with van der Waals surface area (Å²) < 4.78 is 36.6. The van der Waals surface area contributed by atoms with Gasteiger partial charge in [-0.3, -0.25) is 4.72 Å². The molecule has 0 atom stereocenters. The molecule has 1 heterocycles. The Kier molecular flexibility index (Phi) is 5.61. The van der Waals surface area contributed by atoms with Gasteiger partial charge in [-0.2, -0.15) is 0 Å². The fraction of sp³-hybridized carbons (Fsp3) is 0.143. The van der Waals surface area contributed by atoms with Gasteiger partial charge in [0.25, 0.3) is 10.0 Å². The number of nitrogens with zero attached hydrogens (tertiary/aromatic N) is 1. The molecule has 0 aliphatic rings. The number of phenols is 1. The highest BCUT2D eigenvalue weighted by molar-refractivity contribution is 7.92. The maximum absolute atomic E-state index is 12.5. The van der Waals surface area contributed by atoms with Gasteiger partial charge in [0.2, 0.25) is 5.88 Å². The van der Waals surface area contributed by atoms with E-state index in [1.54, 1.807) is 0 Å². The number of rotatable bonds is 5. The number of sulfonamides is 1. The second kappa shape index (κ2) is 7.34. The molecule has 0 spiro atoms. The van der Waals surface area contributed by atoms with Crippen LogP contribution >= 0.6 is 23.2 Å². The highest BCUT2D eigenvalue weighted by atomic mass is 35.5. The van der Waals surface area contributed by atoms with Crippen LogP contribution in [0.3, 0.4) is 0 Å². The number of pyridine rings is 1. The molecule has 2 aromatic rings. The summed E-state index contributed by atoms with van der Waals surface area (Å²) in [7, 11) is -1.81. The number of methoxy groups -OCH3 is 2. The number of anilines is 1. The molecule has 0 fully saturated rings. The molecule has 1 aromatic carbocycles. The van der Waals surface area contributed by atoms with Crippen LogP contribution in [0.25, 0.3) is 0 Å². The molecule has 2 N–H and O–H groups in total. The first kappa shape index (κ1) is 19.1. The summed E-state index contributed by atoms with van der Waals surface area (Å²) in [5, 5.41) is 9.67. The van der Waals surface area contributed by atoms with Crippen molar-refractivity contribution < 1.29 is 27.8 Å². The number of ether oxygens (including phenoxy) is 2. The van der Waals surface area contributed by atoms with E-state index in [4.69, 9.17) is 27.9 Å². The second-order valence-corrected chi connectivity index (χ2v) is 7.11. The van der Waals surface area contributed by atoms with E-state index in [2.05, 4.69) is 14.4 Å². The number of carbonyl (C=O) groups is 1. The number of aromatic nitrogens is 1. The molecule has 8 nitrogen and oxygen atoms in total. The lowest BCUT2D eigenvalue weighted by Crippen LogP contribution is -2.15. The predicted octanol–water partition coefficient (Wildman–Crippen LogP) is 2.69. The van der Waals surface area contributed by atoms with Gasteiger partial charge < -0.3 is 14.6 Å². The van der Waals surface area contributed by atoms with Gasteiger partial charge in [-0.15, -0.1) is 0 Å². The minimum absolute atomic E-state index is 0.0197. The molecule has 0 saturated carbocycles. The third-order valence-electron chi connectivity index (χ3n) is 2.98. The van der Waals surface area contributed by atoms with Gasteiger partial charge in [0.1, 0.15) is 10.5 Å². The van der Waals surface area contributed by atoms with Crippen LogP contribution in [0, 0.1) is 0 Å². The van der Waals surface area contributed by atoms with Crippen LogP contribution in [0.15, 0.2) is 29.3 Å². The van der Waals surface area contributed by atoms with Crippen LogP contribution in [0.2, 0.25) is 10.0 Å². The maximum atomic E-state index is 12.5. The van der Waals surface area contributed by atoms with E-state index < -0.39 is 26.6 Å². The summed E-state index contributed by atoms with van der Waals surface area (Å²) >= 11 is 11.5. The number of esters is 1. The Labute approximate surface area is 153 Å². The first-order valence-electron chi connectivity index (χ1n) is 6.52. The molecule has 0 amide bonds. The summed E-state index contributed by atoms with van der Waals surface area (Å²) in [6, 6.07) is 3.41. The zero-order chi connectivity index (χ0) is 18.8. The zero-order valence-electron chi connectivity index (χ0n) is 12.9. The smallest absolute Gasteiger partial charge is 0.343 e. The molecule has 0 bridgehead atoms. The van der Waals surface area contributed by atoms with Gasteiger partial charge in [0, 0.05) is 5.02 Å². The molecular weight excluding hydrogens is 395 g/mol. The third kappa shape index (κ3) is 4.06. The molecule has 0 saturated heterocycles. The third-order valence-corrected chi connectivity index (χ3v) is 4.89. The standard InChI is InChI=1S/C14H12Cl2N2O6S/c1-23-13-9(14(20)24-2)5-8(6-17-13)18-25(21,22)11-4-7(15)3-10(16)12(11)19/h3-6,18-19H,1-2H3. The van der Waals surface area contributed by atoms with Gasteiger partial charge in [0.15, 0.2) is 5.75 Å². The molecule has 0 aliphatic heterocycles. The Morgan fingerprint density at radius 1 is 1.24 bits per heavy atom. The van der Waals surface area contributed by atoms with Crippen molar-refractivity contribution in [1.29, 1.82) is 0 Å². The summed E-state index contributed by atoms with van der Waals surface area (Å²) in [6.07, 6.45) is 1.13. The van der Waals surface area contributed by atoms with Crippen LogP contribution in [-0.4, -0.2) is 38.7 Å². The number of phenolic OH excluding ortho intramolecular Hbond substituents is 1. The van der Waals surface area contributed by atoms with Crippen LogP contribution in [0.4, 0.5) is 5.69 Å². The van der Waals surface area contributed by atoms with Crippen LogP contribution in [0.1, 0.15) is 10.4 Å². The largest absolute Gasteiger partial charge is 0.505 e. The van der Waals surface area contributed by atoms with Gasteiger partial charge >= 0.3 is 5.97 Å². The van der Waals surface area contributed by atoms with Crippen molar-refractivity contribution in [3.8, 4) is 11.6 Å². The van der Waals surface area contributed by atoms with E-state index in [0.29, 0.717) is 0 Å². The second-order valence-electron chi connectivity index (χ2n) is 4.61. The quantitative estimate of drug-likeness (QED) is 0.733. The molecule has 0 aliphatic carbocycles. The Balaban J connectivity index is 2.47. The van der Waals surface area contributed by atoms with Crippen molar-refractivity contribution in [2.45, 2.75) is 4.90 Å². The summed E-state index contributed by atoms with van der Waals surface area (Å²) in [5.41, 5.74) is -0.143. The lowest BCUT2D eigenvalue weighted by Gasteiger charge is -2.12. The Hall–Kier alpha value is -2.23. The predicted molar refractivity (Wildman–Crippen MR) is 91.1 cm³/mol. The highest BCUT2D eigenvalue weighted by Crippen LogP contribution is 2.35. The number of hydrogen-bond acceptors (Lipinski definition) is 7. The number of hydrogen-bond donors (Lipinski definition) is 2. The highest BCUT2D eigenvalue weighted by Gasteiger charge is 2.23. The number of halogens is 2. The van der Waals surface area contributed by atoms with Crippen molar-refractivity contribution in [1.82, 2.24) is 4.98 Å². The van der Waals surface area contributed by atoms with Crippen LogP contribution < -0.4 is 9.46 Å². The van der Waals surface area contributed by atoms with E-state index in [0.717, 1.165) is 19.4 Å². The van der Waals surface area contributed by atoms with E-state index in [9.17, 15) is 18.3 Å². The molecule has 134 valence electrons. The van der Waals surface area contributed by atoms with Gasteiger partial charge in [0.05, 0.1) is 31.1 Å². The average molecular weight is 407 g/mol. The van der Waals surface area contributed by atoms with E-state index in [1.807, 2.05) is 0 Å². The van der Waals surface area contributed by atoms with E-state index in [-0.39, 0.29) is 27.2 Å². The summed E-state index contributed by atoms with van der Waals surface area (Å²) in [5.74, 6) is -1.46. The zero-order valence-corrected chi connectivity index (χ0v) is 15.2. The lowest BCUT2D eigenvalue weighted by atomic mass is 10.2. The molecule has 2 rings (SSSR count). The number of nitrogens with one attached hydrogen (secondary N) is 1. The molecule has 11 heteroatoms. The lowest BCUT2D eigenvalue weighted by molar-refractivity contribution is 0.0596. The monoisotopic (exact) mass is 406 g/mol. The normalized spacial score (nSPS) is 11.0. The minimum Gasteiger partial charge on any atom is -0.505 e. The molecule has 0 radical (unpaired) electrons. The van der Waals surface area contributed by atoms with Gasteiger partial charge in [-0.05, 0) is 18.2 Å². The molecule has 1 aromatic heterocycles. The van der Waals surface area contributed by atoms with Crippen molar-refractivity contribution >= 4 is 44.9 Å². The average Bonchev–Trinajstić information content (AvgIpc) is 2.56. The first-order chi connectivity index (χ1) is 11.7. The van der Waals surface area contributed by atoms with Gasteiger partial charge in [-0.1, -0.05) is 23.2 Å². The first-order valence-corrected chi connectivity index (χ1v) is 8.76. The number of benzene rings is 1. The molecule has 0 unspecified atom stereocenters. The minimum atomic E-state index is -4.26.